The topological polar surface area (TPSA) is 0 Å². The Hall–Kier alpha value is -1.19. The quantitative estimate of drug-likeness (QED) is 0.443. The highest BCUT2D eigenvalue weighted by Crippen LogP contribution is 2.55. The standard InChI is InChI=1S/C24H27Cl2F3/c1-22(2,3)15-6-8-20(25)18(11-15)17-10-14(17)13-23(4,5)16-7-9-21(26)19(12-16)24(27,28)29/h6-9,11-12,14,17H,10,13H2,1-5H3. The van der Waals surface area contributed by atoms with Crippen LogP contribution in [0.3, 0.4) is 0 Å². The average Bonchev–Trinajstić information content (AvgIpc) is 3.31. The Morgan fingerprint density at radius 2 is 1.45 bits per heavy atom. The van der Waals surface area contributed by atoms with Crippen LogP contribution in [0.25, 0.3) is 0 Å². The number of hydrogen-bond donors (Lipinski definition) is 0. The second-order valence-electron chi connectivity index (χ2n) is 9.87. The predicted octanol–water partition coefficient (Wildman–Crippen LogP) is 8.78. The van der Waals surface area contributed by atoms with Gasteiger partial charge < -0.3 is 0 Å². The molecule has 0 N–H and O–H groups in total. The molecule has 0 amide bonds. The molecule has 158 valence electrons. The molecule has 0 radical (unpaired) electrons. The molecule has 29 heavy (non-hydrogen) atoms. The van der Waals surface area contributed by atoms with Crippen molar-refractivity contribution in [3.63, 3.8) is 0 Å². The van der Waals surface area contributed by atoms with E-state index in [-0.39, 0.29) is 10.4 Å². The third-order valence-electron chi connectivity index (χ3n) is 6.01. The first kappa shape index (κ1) is 22.5. The zero-order valence-electron chi connectivity index (χ0n) is 17.4. The van der Waals surface area contributed by atoms with Crippen molar-refractivity contribution in [2.45, 2.75) is 70.4 Å². The van der Waals surface area contributed by atoms with Gasteiger partial charge in [0.1, 0.15) is 0 Å². The van der Waals surface area contributed by atoms with Crippen molar-refractivity contribution in [3.05, 3.63) is 68.7 Å². The van der Waals surface area contributed by atoms with Crippen LogP contribution in [0.4, 0.5) is 13.2 Å². The molecular weight excluding hydrogens is 416 g/mol. The number of hydrogen-bond acceptors (Lipinski definition) is 0. The third-order valence-corrected chi connectivity index (χ3v) is 6.68. The van der Waals surface area contributed by atoms with Gasteiger partial charge in [0.05, 0.1) is 10.6 Å². The van der Waals surface area contributed by atoms with Crippen LogP contribution in [-0.2, 0) is 17.0 Å². The van der Waals surface area contributed by atoms with Gasteiger partial charge in [-0.3, -0.25) is 0 Å². The molecule has 0 saturated heterocycles. The molecule has 0 aliphatic heterocycles. The molecule has 1 fully saturated rings. The summed E-state index contributed by atoms with van der Waals surface area (Å²) in [6, 6.07) is 10.5. The van der Waals surface area contributed by atoms with Gasteiger partial charge in [-0.25, -0.2) is 0 Å². The highest BCUT2D eigenvalue weighted by atomic mass is 35.5. The van der Waals surface area contributed by atoms with Crippen LogP contribution in [0.15, 0.2) is 36.4 Å². The zero-order chi connectivity index (χ0) is 21.8. The zero-order valence-corrected chi connectivity index (χ0v) is 18.9. The summed E-state index contributed by atoms with van der Waals surface area (Å²) in [5.41, 5.74) is 1.95. The molecule has 5 heteroatoms. The summed E-state index contributed by atoms with van der Waals surface area (Å²) >= 11 is 12.3. The van der Waals surface area contributed by atoms with Crippen molar-refractivity contribution in [1.29, 1.82) is 0 Å². The summed E-state index contributed by atoms with van der Waals surface area (Å²) in [6.45, 7) is 10.5. The first-order chi connectivity index (χ1) is 13.2. The van der Waals surface area contributed by atoms with Gasteiger partial charge in [-0.15, -0.1) is 0 Å². The lowest BCUT2D eigenvalue weighted by Gasteiger charge is -2.27. The molecule has 0 aromatic heterocycles. The molecule has 1 aliphatic carbocycles. The van der Waals surface area contributed by atoms with Crippen molar-refractivity contribution < 1.29 is 13.2 Å². The van der Waals surface area contributed by atoms with E-state index >= 15 is 0 Å². The Morgan fingerprint density at radius 1 is 0.862 bits per heavy atom. The van der Waals surface area contributed by atoms with E-state index in [1.54, 1.807) is 6.07 Å². The van der Waals surface area contributed by atoms with Crippen molar-refractivity contribution in [2.24, 2.45) is 5.92 Å². The maximum absolute atomic E-state index is 13.3. The molecule has 1 aliphatic rings. The fourth-order valence-corrected chi connectivity index (χ4v) is 4.57. The largest absolute Gasteiger partial charge is 0.417 e. The normalized spacial score (nSPS) is 20.1. The summed E-state index contributed by atoms with van der Waals surface area (Å²) < 4.78 is 39.8. The number of alkyl halides is 3. The molecule has 1 saturated carbocycles. The second kappa shape index (κ2) is 7.50. The lowest BCUT2D eigenvalue weighted by atomic mass is 9.78. The molecule has 2 aromatic carbocycles. The smallest absolute Gasteiger partial charge is 0.166 e. The summed E-state index contributed by atoms with van der Waals surface area (Å²) in [5.74, 6) is 0.765. The van der Waals surface area contributed by atoms with Crippen molar-refractivity contribution in [3.8, 4) is 0 Å². The number of rotatable bonds is 4. The van der Waals surface area contributed by atoms with Gasteiger partial charge in [0, 0.05) is 5.02 Å². The lowest BCUT2D eigenvalue weighted by Crippen LogP contribution is -2.20. The van der Waals surface area contributed by atoms with E-state index in [0.29, 0.717) is 17.4 Å². The minimum atomic E-state index is -4.45. The van der Waals surface area contributed by atoms with E-state index in [9.17, 15) is 13.2 Å². The van der Waals surface area contributed by atoms with Gasteiger partial charge in [0.25, 0.3) is 0 Å². The van der Waals surface area contributed by atoms with Gasteiger partial charge in [-0.2, -0.15) is 13.2 Å². The third kappa shape index (κ3) is 4.94. The Kier molecular flexibility index (Phi) is 5.81. The minimum Gasteiger partial charge on any atom is -0.166 e. The summed E-state index contributed by atoms with van der Waals surface area (Å²) in [6.07, 6.45) is -2.64. The first-order valence-electron chi connectivity index (χ1n) is 9.87. The Bertz CT molecular complexity index is 907. The van der Waals surface area contributed by atoms with E-state index in [2.05, 4.69) is 32.9 Å². The SMILES string of the molecule is CC(C)(C)c1ccc(Cl)c(C2CC2CC(C)(C)c2ccc(Cl)c(C(F)(F)F)c2)c1. The van der Waals surface area contributed by atoms with Crippen LogP contribution in [-0.4, -0.2) is 0 Å². The molecule has 0 spiro atoms. The highest BCUT2D eigenvalue weighted by Gasteiger charge is 2.43. The molecule has 0 nitrogen and oxygen atoms in total. The monoisotopic (exact) mass is 442 g/mol. The molecule has 3 rings (SSSR count). The van der Waals surface area contributed by atoms with E-state index in [4.69, 9.17) is 23.2 Å². The highest BCUT2D eigenvalue weighted by molar-refractivity contribution is 6.31. The number of halogens is 5. The van der Waals surface area contributed by atoms with E-state index in [0.717, 1.165) is 23.4 Å². The van der Waals surface area contributed by atoms with Crippen LogP contribution >= 0.6 is 23.2 Å². The van der Waals surface area contributed by atoms with Gasteiger partial charge in [-0.05, 0) is 70.4 Å². The van der Waals surface area contributed by atoms with E-state index in [1.807, 2.05) is 19.9 Å². The van der Waals surface area contributed by atoms with Crippen molar-refractivity contribution >= 4 is 23.2 Å². The second-order valence-corrected chi connectivity index (χ2v) is 10.7. The van der Waals surface area contributed by atoms with Gasteiger partial charge in [-0.1, -0.05) is 76.0 Å². The van der Waals surface area contributed by atoms with Crippen LogP contribution in [0.1, 0.15) is 75.6 Å². The fraction of sp³-hybridized carbons (Fsp3) is 0.500. The Labute approximate surface area is 181 Å². The first-order valence-corrected chi connectivity index (χ1v) is 10.6. The maximum Gasteiger partial charge on any atom is 0.417 e. The summed E-state index contributed by atoms with van der Waals surface area (Å²) in [4.78, 5) is 0. The predicted molar refractivity (Wildman–Crippen MR) is 115 cm³/mol. The molecule has 0 heterocycles. The van der Waals surface area contributed by atoms with Crippen molar-refractivity contribution in [2.75, 3.05) is 0 Å². The molecular formula is C24H27Cl2F3. The van der Waals surface area contributed by atoms with E-state index in [1.165, 1.54) is 17.7 Å². The molecule has 2 unspecified atom stereocenters. The molecule has 0 bridgehead atoms. The van der Waals surface area contributed by atoms with Crippen LogP contribution in [0.5, 0.6) is 0 Å². The maximum atomic E-state index is 13.3. The Morgan fingerprint density at radius 3 is 2.03 bits per heavy atom. The molecule has 2 atom stereocenters. The summed E-state index contributed by atoms with van der Waals surface area (Å²) in [7, 11) is 0. The van der Waals surface area contributed by atoms with Crippen LogP contribution in [0, 0.1) is 5.92 Å². The van der Waals surface area contributed by atoms with Gasteiger partial charge in [0.2, 0.25) is 0 Å². The van der Waals surface area contributed by atoms with Gasteiger partial charge in [0.15, 0.2) is 0 Å². The minimum absolute atomic E-state index is 0.0420. The lowest BCUT2D eigenvalue weighted by molar-refractivity contribution is -0.137. The Balaban J connectivity index is 1.81. The average molecular weight is 443 g/mol. The van der Waals surface area contributed by atoms with Crippen LogP contribution in [0.2, 0.25) is 10.0 Å². The van der Waals surface area contributed by atoms with E-state index < -0.39 is 17.2 Å². The molecule has 2 aromatic rings. The van der Waals surface area contributed by atoms with Crippen molar-refractivity contribution in [1.82, 2.24) is 0 Å². The number of benzene rings is 2. The fourth-order valence-electron chi connectivity index (χ4n) is 4.09. The van der Waals surface area contributed by atoms with Gasteiger partial charge >= 0.3 is 6.18 Å². The summed E-state index contributed by atoms with van der Waals surface area (Å²) in [5, 5.41) is 0.515. The van der Waals surface area contributed by atoms with Crippen LogP contribution < -0.4 is 0 Å².